The Labute approximate surface area is 116 Å². The Morgan fingerprint density at radius 3 is 3.16 bits per heavy atom. The van der Waals surface area contributed by atoms with Gasteiger partial charge in [0.05, 0.1) is 21.9 Å². The third kappa shape index (κ3) is 3.80. The lowest BCUT2D eigenvalue weighted by Gasteiger charge is -2.34. The van der Waals surface area contributed by atoms with Crippen LogP contribution in [0.5, 0.6) is 0 Å². The Kier molecular flexibility index (Phi) is 4.59. The molecule has 0 aromatic carbocycles. The second-order valence-electron chi connectivity index (χ2n) is 4.79. The van der Waals surface area contributed by atoms with Crippen molar-refractivity contribution in [2.24, 2.45) is 0 Å². The van der Waals surface area contributed by atoms with E-state index in [1.54, 1.807) is 12.1 Å². The van der Waals surface area contributed by atoms with Gasteiger partial charge in [0.2, 0.25) is 0 Å². The molecule has 1 aliphatic rings. The molecule has 1 fully saturated rings. The summed E-state index contributed by atoms with van der Waals surface area (Å²) in [5, 5.41) is 11.7. The number of hydrogen-bond donors (Lipinski definition) is 2. The number of rotatable bonds is 2. The fourth-order valence-corrected chi connectivity index (χ4v) is 2.80. The quantitative estimate of drug-likeness (QED) is 0.804. The third-order valence-electron chi connectivity index (χ3n) is 2.97. The highest BCUT2D eigenvalue weighted by Crippen LogP contribution is 2.21. The summed E-state index contributed by atoms with van der Waals surface area (Å²) in [6.45, 7) is 3.16. The standard InChI is InChI=1S/C14H17NO3S/c1-14(7-3-9-18-10-14)15-13(17)12-6-5-11(19-12)4-2-8-16/h5-6,16H,3,7-10H2,1H3,(H,15,17). The second-order valence-corrected chi connectivity index (χ2v) is 5.88. The van der Waals surface area contributed by atoms with E-state index in [9.17, 15) is 4.79 Å². The van der Waals surface area contributed by atoms with Crippen LogP contribution >= 0.6 is 11.3 Å². The van der Waals surface area contributed by atoms with Crippen molar-refractivity contribution in [2.75, 3.05) is 19.8 Å². The van der Waals surface area contributed by atoms with Gasteiger partial charge < -0.3 is 15.2 Å². The summed E-state index contributed by atoms with van der Waals surface area (Å²) in [4.78, 5) is 13.6. The van der Waals surface area contributed by atoms with Crippen LogP contribution in [0.3, 0.4) is 0 Å². The van der Waals surface area contributed by atoms with Gasteiger partial charge in [0, 0.05) is 6.61 Å². The molecule has 2 rings (SSSR count). The first-order valence-corrected chi connectivity index (χ1v) is 7.04. The minimum Gasteiger partial charge on any atom is -0.384 e. The Balaban J connectivity index is 2.01. The minimum atomic E-state index is -0.281. The first-order chi connectivity index (χ1) is 9.13. The molecule has 1 saturated heterocycles. The molecule has 0 bridgehead atoms. The number of carbonyl (C=O) groups excluding carboxylic acids is 1. The van der Waals surface area contributed by atoms with E-state index in [2.05, 4.69) is 17.2 Å². The summed E-state index contributed by atoms with van der Waals surface area (Å²) < 4.78 is 5.42. The molecule has 1 atom stereocenters. The number of ether oxygens (including phenoxy) is 1. The second kappa shape index (κ2) is 6.20. The zero-order chi connectivity index (χ0) is 13.7. The van der Waals surface area contributed by atoms with Crippen LogP contribution in [0.4, 0.5) is 0 Å². The topological polar surface area (TPSA) is 58.6 Å². The number of carbonyl (C=O) groups is 1. The average molecular weight is 279 g/mol. The Hall–Kier alpha value is -1.35. The van der Waals surface area contributed by atoms with Gasteiger partial charge in [0.1, 0.15) is 6.61 Å². The number of aliphatic hydroxyl groups excluding tert-OH is 1. The molecule has 1 aliphatic heterocycles. The average Bonchev–Trinajstić information content (AvgIpc) is 2.85. The van der Waals surface area contributed by atoms with Crippen molar-refractivity contribution in [1.29, 1.82) is 0 Å². The summed E-state index contributed by atoms with van der Waals surface area (Å²) in [7, 11) is 0. The van der Waals surface area contributed by atoms with Crippen LogP contribution in [0.15, 0.2) is 12.1 Å². The molecule has 19 heavy (non-hydrogen) atoms. The van der Waals surface area contributed by atoms with Gasteiger partial charge in [-0.1, -0.05) is 11.8 Å². The predicted octanol–water partition coefficient (Wildman–Crippen LogP) is 1.39. The normalized spacial score (nSPS) is 22.4. The SMILES string of the molecule is CC1(NC(=O)c2ccc(C#CCO)s2)CCCOC1. The zero-order valence-corrected chi connectivity index (χ0v) is 11.7. The van der Waals surface area contributed by atoms with E-state index in [1.807, 2.05) is 6.92 Å². The molecule has 0 radical (unpaired) electrons. The molecule has 102 valence electrons. The van der Waals surface area contributed by atoms with Gasteiger partial charge >= 0.3 is 0 Å². The molecule has 2 N–H and O–H groups in total. The third-order valence-corrected chi connectivity index (χ3v) is 3.97. The maximum atomic E-state index is 12.2. The number of hydrogen-bond acceptors (Lipinski definition) is 4. The first kappa shape index (κ1) is 14.1. The molecule has 0 saturated carbocycles. The molecule has 1 aromatic heterocycles. The van der Waals surface area contributed by atoms with Crippen molar-refractivity contribution in [3.8, 4) is 11.8 Å². The summed E-state index contributed by atoms with van der Waals surface area (Å²) in [5.41, 5.74) is -0.281. The summed E-state index contributed by atoms with van der Waals surface area (Å²) in [5.74, 6) is 5.28. The first-order valence-electron chi connectivity index (χ1n) is 6.23. The zero-order valence-electron chi connectivity index (χ0n) is 10.9. The molecule has 0 spiro atoms. The predicted molar refractivity (Wildman–Crippen MR) is 74.2 cm³/mol. The van der Waals surface area contributed by atoms with E-state index in [4.69, 9.17) is 9.84 Å². The van der Waals surface area contributed by atoms with E-state index in [1.165, 1.54) is 11.3 Å². The van der Waals surface area contributed by atoms with E-state index >= 15 is 0 Å². The monoisotopic (exact) mass is 279 g/mol. The van der Waals surface area contributed by atoms with Crippen molar-refractivity contribution < 1.29 is 14.6 Å². The van der Waals surface area contributed by atoms with Crippen LogP contribution in [0.25, 0.3) is 0 Å². The molecule has 1 unspecified atom stereocenters. The van der Waals surface area contributed by atoms with E-state index in [0.29, 0.717) is 11.5 Å². The Morgan fingerprint density at radius 1 is 1.63 bits per heavy atom. The Morgan fingerprint density at radius 2 is 2.47 bits per heavy atom. The number of thiophene rings is 1. The minimum absolute atomic E-state index is 0.0879. The molecule has 2 heterocycles. The van der Waals surface area contributed by atoms with Crippen molar-refractivity contribution in [1.82, 2.24) is 5.32 Å². The molecular formula is C14H17NO3S. The van der Waals surface area contributed by atoms with Crippen molar-refractivity contribution >= 4 is 17.2 Å². The summed E-state index contributed by atoms with van der Waals surface area (Å²) in [6.07, 6.45) is 1.90. The number of amides is 1. The fraction of sp³-hybridized carbons (Fsp3) is 0.500. The lowest BCUT2D eigenvalue weighted by molar-refractivity contribution is 0.0274. The summed E-state index contributed by atoms with van der Waals surface area (Å²) in [6, 6.07) is 3.55. The van der Waals surface area contributed by atoms with Gasteiger partial charge in [-0.25, -0.2) is 0 Å². The molecule has 4 nitrogen and oxygen atoms in total. The highest BCUT2D eigenvalue weighted by atomic mass is 32.1. The molecule has 1 amide bonds. The summed E-state index contributed by atoms with van der Waals surface area (Å²) >= 11 is 1.33. The Bertz CT molecular complexity index is 506. The van der Waals surface area contributed by atoms with Gasteiger partial charge in [0.15, 0.2) is 0 Å². The van der Waals surface area contributed by atoms with Crippen LogP contribution in [0.2, 0.25) is 0 Å². The largest absolute Gasteiger partial charge is 0.384 e. The smallest absolute Gasteiger partial charge is 0.261 e. The number of nitrogens with one attached hydrogen (secondary N) is 1. The maximum Gasteiger partial charge on any atom is 0.261 e. The van der Waals surface area contributed by atoms with Gasteiger partial charge in [0.25, 0.3) is 5.91 Å². The molecule has 0 aliphatic carbocycles. The van der Waals surface area contributed by atoms with Crippen molar-refractivity contribution in [3.05, 3.63) is 21.9 Å². The fourth-order valence-electron chi connectivity index (χ4n) is 2.02. The lowest BCUT2D eigenvalue weighted by Crippen LogP contribution is -2.51. The van der Waals surface area contributed by atoms with E-state index in [-0.39, 0.29) is 18.1 Å². The van der Waals surface area contributed by atoms with Gasteiger partial charge in [-0.2, -0.15) is 0 Å². The lowest BCUT2D eigenvalue weighted by atomic mass is 9.95. The van der Waals surface area contributed by atoms with Crippen LogP contribution in [0.1, 0.15) is 34.3 Å². The van der Waals surface area contributed by atoms with E-state index in [0.717, 1.165) is 24.3 Å². The number of aliphatic hydroxyl groups is 1. The van der Waals surface area contributed by atoms with Crippen molar-refractivity contribution in [2.45, 2.75) is 25.3 Å². The molecule has 1 aromatic rings. The van der Waals surface area contributed by atoms with Gasteiger partial charge in [-0.15, -0.1) is 11.3 Å². The van der Waals surface area contributed by atoms with Gasteiger partial charge in [-0.05, 0) is 31.9 Å². The van der Waals surface area contributed by atoms with Crippen LogP contribution < -0.4 is 5.32 Å². The van der Waals surface area contributed by atoms with Crippen LogP contribution in [0, 0.1) is 11.8 Å². The van der Waals surface area contributed by atoms with E-state index < -0.39 is 0 Å². The highest BCUT2D eigenvalue weighted by Gasteiger charge is 2.29. The van der Waals surface area contributed by atoms with Crippen LogP contribution in [-0.2, 0) is 4.74 Å². The molecular weight excluding hydrogens is 262 g/mol. The van der Waals surface area contributed by atoms with Crippen molar-refractivity contribution in [3.63, 3.8) is 0 Å². The maximum absolute atomic E-state index is 12.2. The molecule has 5 heteroatoms. The highest BCUT2D eigenvalue weighted by molar-refractivity contribution is 7.14. The van der Waals surface area contributed by atoms with Gasteiger partial charge in [-0.3, -0.25) is 4.79 Å². The van der Waals surface area contributed by atoms with Crippen LogP contribution in [-0.4, -0.2) is 36.4 Å².